The van der Waals surface area contributed by atoms with Crippen molar-refractivity contribution < 1.29 is 35.9 Å². The Labute approximate surface area is 95.7 Å². The van der Waals surface area contributed by atoms with Gasteiger partial charge >= 0.3 is 12.5 Å². The number of isocyanates is 1. The molecule has 98 valence electrons. The zero-order valence-corrected chi connectivity index (χ0v) is 8.26. The molecule has 0 saturated heterocycles. The summed E-state index contributed by atoms with van der Waals surface area (Å²) in [6.07, 6.45) is -9.35. The zero-order chi connectivity index (χ0) is 14.0. The SMILES string of the molecule is O=C=Nc1ccc(OC(F)(F)F)c(C(F)(F)F)c1. The molecule has 0 spiro atoms. The van der Waals surface area contributed by atoms with Crippen molar-refractivity contribution in [1.29, 1.82) is 0 Å². The average Bonchev–Trinajstić information content (AvgIpc) is 2.17. The molecule has 1 aromatic rings. The fourth-order valence-electron chi connectivity index (χ4n) is 1.08. The molecule has 0 aliphatic rings. The zero-order valence-electron chi connectivity index (χ0n) is 8.26. The van der Waals surface area contributed by atoms with Crippen molar-refractivity contribution in [3.8, 4) is 5.75 Å². The summed E-state index contributed by atoms with van der Waals surface area (Å²) in [6, 6.07) is 1.44. The summed E-state index contributed by atoms with van der Waals surface area (Å²) in [7, 11) is 0. The number of ether oxygens (including phenoxy) is 1. The number of carbonyl (C=O) groups excluding carboxylic acids is 1. The first-order chi connectivity index (χ1) is 8.13. The third kappa shape index (κ3) is 3.77. The van der Waals surface area contributed by atoms with Gasteiger partial charge in [0.25, 0.3) is 0 Å². The highest BCUT2D eigenvalue weighted by Gasteiger charge is 2.39. The van der Waals surface area contributed by atoms with Gasteiger partial charge in [-0.25, -0.2) is 4.79 Å². The molecule has 1 rings (SSSR count). The maximum atomic E-state index is 12.5. The van der Waals surface area contributed by atoms with Gasteiger partial charge in [-0.05, 0) is 18.2 Å². The molecule has 0 N–H and O–H groups in total. The van der Waals surface area contributed by atoms with Crippen molar-refractivity contribution in [1.82, 2.24) is 0 Å². The molecule has 0 aromatic heterocycles. The summed E-state index contributed by atoms with van der Waals surface area (Å²) in [5.74, 6) is -1.42. The predicted octanol–water partition coefficient (Wildman–Crippen LogP) is 3.57. The van der Waals surface area contributed by atoms with Gasteiger partial charge in [-0.15, -0.1) is 13.2 Å². The Bertz CT molecular complexity index is 487. The lowest BCUT2D eigenvalue weighted by Crippen LogP contribution is -2.20. The molecule has 0 radical (unpaired) electrons. The van der Waals surface area contributed by atoms with Crippen LogP contribution in [0.15, 0.2) is 23.2 Å². The van der Waals surface area contributed by atoms with Gasteiger partial charge in [0.1, 0.15) is 11.3 Å². The highest BCUT2D eigenvalue weighted by atomic mass is 19.4. The predicted molar refractivity (Wildman–Crippen MR) is 45.9 cm³/mol. The number of halogens is 6. The van der Waals surface area contributed by atoms with Crippen LogP contribution in [-0.4, -0.2) is 12.4 Å². The van der Waals surface area contributed by atoms with Gasteiger partial charge in [0, 0.05) is 0 Å². The van der Waals surface area contributed by atoms with E-state index in [4.69, 9.17) is 0 Å². The molecule has 0 aliphatic carbocycles. The molecule has 0 amide bonds. The van der Waals surface area contributed by atoms with E-state index in [0.29, 0.717) is 6.07 Å². The van der Waals surface area contributed by atoms with E-state index in [2.05, 4.69) is 9.73 Å². The number of benzene rings is 1. The van der Waals surface area contributed by atoms with E-state index >= 15 is 0 Å². The molecule has 0 heterocycles. The average molecular weight is 271 g/mol. The monoisotopic (exact) mass is 271 g/mol. The minimum Gasteiger partial charge on any atom is -0.405 e. The molecule has 0 bridgehead atoms. The highest BCUT2D eigenvalue weighted by Crippen LogP contribution is 2.40. The maximum Gasteiger partial charge on any atom is 0.573 e. The maximum absolute atomic E-state index is 12.5. The summed E-state index contributed by atoms with van der Waals surface area (Å²) in [4.78, 5) is 12.7. The summed E-state index contributed by atoms with van der Waals surface area (Å²) in [5.41, 5.74) is -2.16. The molecule has 18 heavy (non-hydrogen) atoms. The van der Waals surface area contributed by atoms with E-state index in [1.54, 1.807) is 0 Å². The van der Waals surface area contributed by atoms with Gasteiger partial charge < -0.3 is 4.74 Å². The second-order valence-electron chi connectivity index (χ2n) is 2.93. The van der Waals surface area contributed by atoms with E-state index in [9.17, 15) is 31.1 Å². The van der Waals surface area contributed by atoms with Crippen LogP contribution in [0, 0.1) is 0 Å². The van der Waals surface area contributed by atoms with Crippen LogP contribution in [0.25, 0.3) is 0 Å². The Morgan fingerprint density at radius 2 is 1.72 bits per heavy atom. The van der Waals surface area contributed by atoms with Crippen molar-refractivity contribution >= 4 is 11.8 Å². The van der Waals surface area contributed by atoms with Gasteiger partial charge in [-0.1, -0.05) is 0 Å². The van der Waals surface area contributed by atoms with Crippen LogP contribution in [0.2, 0.25) is 0 Å². The van der Waals surface area contributed by atoms with Gasteiger partial charge in [0.05, 0.1) is 5.69 Å². The van der Waals surface area contributed by atoms with Crippen LogP contribution in [0.3, 0.4) is 0 Å². The smallest absolute Gasteiger partial charge is 0.405 e. The van der Waals surface area contributed by atoms with Crippen LogP contribution in [0.5, 0.6) is 5.75 Å². The number of hydrogen-bond acceptors (Lipinski definition) is 3. The van der Waals surface area contributed by atoms with E-state index in [1.807, 2.05) is 0 Å². The standard InChI is InChI=1S/C9H3F6NO2/c10-8(11,12)6-3-5(16-4-17)1-2-7(6)18-9(13,14)15/h1-3H. The van der Waals surface area contributed by atoms with E-state index in [1.165, 1.54) is 0 Å². The second-order valence-corrected chi connectivity index (χ2v) is 2.93. The molecule has 0 saturated carbocycles. The molecule has 0 atom stereocenters. The topological polar surface area (TPSA) is 38.7 Å². The summed E-state index contributed by atoms with van der Waals surface area (Å²) in [5, 5.41) is 0. The number of aliphatic imine (C=N–C) groups is 1. The van der Waals surface area contributed by atoms with Gasteiger partial charge in [-0.3, -0.25) is 0 Å². The molecule has 0 fully saturated rings. The molecule has 9 heteroatoms. The number of hydrogen-bond donors (Lipinski definition) is 0. The third-order valence-electron chi connectivity index (χ3n) is 1.67. The van der Waals surface area contributed by atoms with Crippen LogP contribution in [-0.2, 0) is 11.0 Å². The van der Waals surface area contributed by atoms with Crippen molar-refractivity contribution in [2.75, 3.05) is 0 Å². The Balaban J connectivity index is 3.30. The van der Waals surface area contributed by atoms with E-state index in [-0.39, 0.29) is 6.07 Å². The molecule has 0 aliphatic heterocycles. The molecular formula is C9H3F6NO2. The van der Waals surface area contributed by atoms with Crippen molar-refractivity contribution in [3.63, 3.8) is 0 Å². The van der Waals surface area contributed by atoms with Crippen LogP contribution in [0.1, 0.15) is 5.56 Å². The first kappa shape index (κ1) is 14.0. The van der Waals surface area contributed by atoms with Crippen molar-refractivity contribution in [2.45, 2.75) is 12.5 Å². The Hall–Kier alpha value is -2.02. The Morgan fingerprint density at radius 1 is 1.11 bits per heavy atom. The van der Waals surface area contributed by atoms with Gasteiger partial charge in [0.15, 0.2) is 0 Å². The van der Waals surface area contributed by atoms with Crippen LogP contribution in [0.4, 0.5) is 32.0 Å². The Morgan fingerprint density at radius 3 is 2.17 bits per heavy atom. The fourth-order valence-corrected chi connectivity index (χ4v) is 1.08. The second kappa shape index (κ2) is 4.69. The van der Waals surface area contributed by atoms with Crippen molar-refractivity contribution in [2.24, 2.45) is 4.99 Å². The first-order valence-electron chi connectivity index (χ1n) is 4.18. The number of nitrogens with zero attached hydrogens (tertiary/aromatic N) is 1. The molecule has 0 unspecified atom stereocenters. The number of rotatable bonds is 2. The Kier molecular flexibility index (Phi) is 3.66. The molecule has 1 aromatic carbocycles. The lowest BCUT2D eigenvalue weighted by molar-refractivity contribution is -0.276. The minimum absolute atomic E-state index is 0.256. The largest absolute Gasteiger partial charge is 0.573 e. The number of alkyl halides is 6. The normalized spacial score (nSPS) is 11.9. The summed E-state index contributed by atoms with van der Waals surface area (Å²) >= 11 is 0. The van der Waals surface area contributed by atoms with E-state index in [0.717, 1.165) is 12.1 Å². The van der Waals surface area contributed by atoms with Crippen LogP contribution < -0.4 is 4.74 Å². The summed E-state index contributed by atoms with van der Waals surface area (Å²) < 4.78 is 76.2. The fraction of sp³-hybridized carbons (Fsp3) is 0.222. The van der Waals surface area contributed by atoms with Gasteiger partial charge in [0.2, 0.25) is 6.08 Å². The summed E-state index contributed by atoms with van der Waals surface area (Å²) in [6.45, 7) is 0. The highest BCUT2D eigenvalue weighted by molar-refractivity contribution is 5.54. The lowest BCUT2D eigenvalue weighted by Gasteiger charge is -2.15. The lowest BCUT2D eigenvalue weighted by atomic mass is 10.1. The minimum atomic E-state index is -5.25. The van der Waals surface area contributed by atoms with Gasteiger partial charge in [-0.2, -0.15) is 18.2 Å². The van der Waals surface area contributed by atoms with Crippen molar-refractivity contribution in [3.05, 3.63) is 23.8 Å². The van der Waals surface area contributed by atoms with E-state index < -0.39 is 29.5 Å². The first-order valence-corrected chi connectivity index (χ1v) is 4.18. The van der Waals surface area contributed by atoms with Crippen LogP contribution >= 0.6 is 0 Å². The molecule has 3 nitrogen and oxygen atoms in total. The molecular weight excluding hydrogens is 268 g/mol. The third-order valence-corrected chi connectivity index (χ3v) is 1.67. The quantitative estimate of drug-likeness (QED) is 0.468.